The molecule has 0 radical (unpaired) electrons. The molecule has 5 nitrogen and oxygen atoms in total. The Morgan fingerprint density at radius 1 is 1.33 bits per heavy atom. The molecule has 2 rings (SSSR count). The molecule has 0 spiro atoms. The maximum absolute atomic E-state index is 12.4. The summed E-state index contributed by atoms with van der Waals surface area (Å²) in [5, 5.41) is 2.78. The van der Waals surface area contributed by atoms with E-state index in [0.717, 1.165) is 5.57 Å². The zero-order chi connectivity index (χ0) is 15.6. The molecule has 1 aliphatic carbocycles. The smallest absolute Gasteiger partial charge is 0.255 e. The van der Waals surface area contributed by atoms with Gasteiger partial charge in [0.05, 0.1) is 18.7 Å². The second kappa shape index (κ2) is 5.85. The minimum absolute atomic E-state index is 0.324. The Balaban J connectivity index is 2.21. The molecule has 5 heteroatoms. The van der Waals surface area contributed by atoms with Crippen LogP contribution in [-0.4, -0.2) is 19.1 Å². The van der Waals surface area contributed by atoms with Crippen LogP contribution in [0.4, 0.5) is 5.69 Å². The molecular weight excluding hydrogens is 266 g/mol. The first kappa shape index (κ1) is 14.9. The van der Waals surface area contributed by atoms with Crippen molar-refractivity contribution in [1.29, 1.82) is 0 Å². The van der Waals surface area contributed by atoms with E-state index in [9.17, 15) is 4.79 Å². The largest absolute Gasteiger partial charge is 0.497 e. The second-order valence-corrected chi connectivity index (χ2v) is 4.86. The van der Waals surface area contributed by atoms with Gasteiger partial charge < -0.3 is 21.5 Å². The van der Waals surface area contributed by atoms with E-state index in [-0.39, 0.29) is 5.91 Å². The van der Waals surface area contributed by atoms with Crippen LogP contribution in [0, 0.1) is 0 Å². The third-order valence-corrected chi connectivity index (χ3v) is 3.45. The normalized spacial score (nSPS) is 18.3. The number of nitrogens with one attached hydrogen (secondary N) is 1. The summed E-state index contributed by atoms with van der Waals surface area (Å²) in [6.45, 7) is 5.74. The molecule has 1 aromatic carbocycles. The molecule has 1 aliphatic rings. The molecule has 5 N–H and O–H groups in total. The highest BCUT2D eigenvalue weighted by atomic mass is 16.5. The van der Waals surface area contributed by atoms with E-state index in [2.05, 4.69) is 11.9 Å². The number of hydrogen-bond acceptors (Lipinski definition) is 4. The fourth-order valence-corrected chi connectivity index (χ4v) is 2.15. The number of hydrogen-bond donors (Lipinski definition) is 3. The highest BCUT2D eigenvalue weighted by Gasteiger charge is 2.25. The Hall–Kier alpha value is -2.53. The molecule has 1 aromatic rings. The lowest BCUT2D eigenvalue weighted by atomic mass is 9.89. The second-order valence-electron chi connectivity index (χ2n) is 4.86. The first-order valence-electron chi connectivity index (χ1n) is 6.52. The molecule has 0 bridgehead atoms. The molecule has 1 unspecified atom stereocenters. The first-order valence-corrected chi connectivity index (χ1v) is 6.52. The van der Waals surface area contributed by atoms with E-state index in [0.29, 0.717) is 28.3 Å². The Bertz CT molecular complexity index is 642. The van der Waals surface area contributed by atoms with Crippen molar-refractivity contribution in [3.63, 3.8) is 0 Å². The number of carbonyl (C=O) groups excluding carboxylic acids is 1. The average Bonchev–Trinajstić information content (AvgIpc) is 2.45. The minimum Gasteiger partial charge on any atom is -0.497 e. The zero-order valence-corrected chi connectivity index (χ0v) is 12.1. The molecule has 0 aliphatic heterocycles. The van der Waals surface area contributed by atoms with E-state index < -0.39 is 6.04 Å². The van der Waals surface area contributed by atoms with E-state index >= 15 is 0 Å². The fourth-order valence-electron chi connectivity index (χ4n) is 2.15. The van der Waals surface area contributed by atoms with Crippen molar-refractivity contribution < 1.29 is 9.53 Å². The van der Waals surface area contributed by atoms with Gasteiger partial charge in [0, 0.05) is 11.4 Å². The number of amides is 1. The van der Waals surface area contributed by atoms with Crippen molar-refractivity contribution in [1.82, 2.24) is 0 Å². The van der Waals surface area contributed by atoms with Gasteiger partial charge in [-0.2, -0.15) is 0 Å². The molecule has 0 aromatic heterocycles. The third kappa shape index (κ3) is 2.98. The maximum atomic E-state index is 12.4. The van der Waals surface area contributed by atoms with Crippen LogP contribution < -0.4 is 21.5 Å². The predicted molar refractivity (Wildman–Crippen MR) is 83.7 cm³/mol. The molecule has 0 saturated heterocycles. The molecule has 0 saturated carbocycles. The van der Waals surface area contributed by atoms with Gasteiger partial charge in [-0.05, 0) is 42.3 Å². The molecule has 0 fully saturated rings. The highest BCUT2D eigenvalue weighted by molar-refractivity contribution is 6.06. The summed E-state index contributed by atoms with van der Waals surface area (Å²) < 4.78 is 5.07. The van der Waals surface area contributed by atoms with Crippen LogP contribution in [0.25, 0.3) is 0 Å². The lowest BCUT2D eigenvalue weighted by Crippen LogP contribution is -2.35. The SMILES string of the molecule is C=C1C(C)=CC(N)C(C(=O)Nc2ccc(OC)cc2)=C1N. The summed E-state index contributed by atoms with van der Waals surface area (Å²) in [4.78, 5) is 12.4. The van der Waals surface area contributed by atoms with Crippen molar-refractivity contribution in [2.24, 2.45) is 11.5 Å². The number of nitrogens with two attached hydrogens (primary N) is 2. The minimum atomic E-state index is -0.534. The number of rotatable bonds is 3. The quantitative estimate of drug-likeness (QED) is 0.788. The van der Waals surface area contributed by atoms with Crippen LogP contribution in [0.2, 0.25) is 0 Å². The van der Waals surface area contributed by atoms with Crippen LogP contribution in [0.1, 0.15) is 6.92 Å². The summed E-state index contributed by atoms with van der Waals surface area (Å²) in [6.07, 6.45) is 1.78. The number of carbonyl (C=O) groups is 1. The molecule has 1 atom stereocenters. The summed E-state index contributed by atoms with van der Waals surface area (Å²) in [7, 11) is 1.58. The maximum Gasteiger partial charge on any atom is 0.255 e. The van der Waals surface area contributed by atoms with Gasteiger partial charge in [-0.1, -0.05) is 12.7 Å². The van der Waals surface area contributed by atoms with Crippen molar-refractivity contribution >= 4 is 11.6 Å². The van der Waals surface area contributed by atoms with E-state index in [4.69, 9.17) is 16.2 Å². The van der Waals surface area contributed by atoms with Gasteiger partial charge >= 0.3 is 0 Å². The van der Waals surface area contributed by atoms with Crippen molar-refractivity contribution in [3.05, 3.63) is 59.3 Å². The zero-order valence-electron chi connectivity index (χ0n) is 12.1. The van der Waals surface area contributed by atoms with Crippen LogP contribution >= 0.6 is 0 Å². The summed E-state index contributed by atoms with van der Waals surface area (Å²) >= 11 is 0. The van der Waals surface area contributed by atoms with Gasteiger partial charge in [0.15, 0.2) is 0 Å². The standard InChI is InChI=1S/C16H19N3O2/c1-9-8-13(17)14(15(18)10(9)2)16(20)19-11-4-6-12(21-3)7-5-11/h4-8,13H,2,17-18H2,1,3H3,(H,19,20). The molecule has 1 amide bonds. The molecule has 0 heterocycles. The van der Waals surface area contributed by atoms with Gasteiger partial charge in [-0.3, -0.25) is 4.79 Å². The fraction of sp³-hybridized carbons (Fsp3) is 0.188. The van der Waals surface area contributed by atoms with Crippen LogP contribution in [0.5, 0.6) is 5.75 Å². The van der Waals surface area contributed by atoms with Gasteiger partial charge in [-0.25, -0.2) is 0 Å². The van der Waals surface area contributed by atoms with Crippen molar-refractivity contribution in [2.75, 3.05) is 12.4 Å². The van der Waals surface area contributed by atoms with E-state index in [1.54, 1.807) is 37.5 Å². The van der Waals surface area contributed by atoms with Crippen LogP contribution in [-0.2, 0) is 4.79 Å². The van der Waals surface area contributed by atoms with Gasteiger partial charge in [0.2, 0.25) is 0 Å². The van der Waals surface area contributed by atoms with Crippen LogP contribution in [0.15, 0.2) is 59.3 Å². The lowest BCUT2D eigenvalue weighted by Gasteiger charge is -2.23. The number of anilines is 1. The molecule has 21 heavy (non-hydrogen) atoms. The number of benzene rings is 1. The Morgan fingerprint density at radius 2 is 1.95 bits per heavy atom. The predicted octanol–water partition coefficient (Wildman–Crippen LogP) is 1.69. The molecular formula is C16H19N3O2. The summed E-state index contributed by atoms with van der Waals surface area (Å²) in [6, 6.07) is 6.48. The topological polar surface area (TPSA) is 90.4 Å². The highest BCUT2D eigenvalue weighted by Crippen LogP contribution is 2.26. The Labute approximate surface area is 124 Å². The van der Waals surface area contributed by atoms with Gasteiger partial charge in [0.1, 0.15) is 5.75 Å². The van der Waals surface area contributed by atoms with Crippen molar-refractivity contribution in [3.8, 4) is 5.75 Å². The van der Waals surface area contributed by atoms with Crippen LogP contribution in [0.3, 0.4) is 0 Å². The van der Waals surface area contributed by atoms with Gasteiger partial charge in [0.25, 0.3) is 5.91 Å². The lowest BCUT2D eigenvalue weighted by molar-refractivity contribution is -0.113. The Morgan fingerprint density at radius 3 is 2.52 bits per heavy atom. The third-order valence-electron chi connectivity index (χ3n) is 3.45. The summed E-state index contributed by atoms with van der Waals surface area (Å²) in [5.41, 5.74) is 14.8. The Kier molecular flexibility index (Phi) is 4.14. The van der Waals surface area contributed by atoms with Gasteiger partial charge in [-0.15, -0.1) is 0 Å². The molecule has 110 valence electrons. The summed E-state index contributed by atoms with van der Waals surface area (Å²) in [5.74, 6) is 0.392. The van der Waals surface area contributed by atoms with E-state index in [1.165, 1.54) is 0 Å². The van der Waals surface area contributed by atoms with E-state index in [1.807, 2.05) is 6.92 Å². The number of methoxy groups -OCH3 is 1. The van der Waals surface area contributed by atoms with Crippen molar-refractivity contribution in [2.45, 2.75) is 13.0 Å². The number of allylic oxidation sites excluding steroid dienone is 1. The monoisotopic (exact) mass is 285 g/mol. The first-order chi connectivity index (χ1) is 9.93. The number of ether oxygens (including phenoxy) is 1. The average molecular weight is 285 g/mol.